The van der Waals surface area contributed by atoms with Crippen LogP contribution < -0.4 is 5.73 Å². The van der Waals surface area contributed by atoms with E-state index in [1.54, 1.807) is 35.7 Å². The summed E-state index contributed by atoms with van der Waals surface area (Å²) in [4.78, 5) is 13.5. The van der Waals surface area contributed by atoms with Crippen LogP contribution >= 0.6 is 0 Å². The van der Waals surface area contributed by atoms with E-state index in [1.807, 2.05) is 20.9 Å². The van der Waals surface area contributed by atoms with Gasteiger partial charge in [0.25, 0.3) is 5.91 Å². The number of aryl methyl sites for hydroxylation is 2. The number of amides is 1. The molecule has 0 aliphatic carbocycles. The van der Waals surface area contributed by atoms with Gasteiger partial charge in [0, 0.05) is 38.9 Å². The first kappa shape index (κ1) is 15.2. The van der Waals surface area contributed by atoms with E-state index in [9.17, 15) is 4.79 Å². The van der Waals surface area contributed by atoms with Crippen molar-refractivity contribution in [1.82, 2.24) is 24.5 Å². The molecule has 7 nitrogen and oxygen atoms in total. The first-order valence-electron chi connectivity index (χ1n) is 6.87. The molecule has 0 aliphatic heterocycles. The Labute approximate surface area is 124 Å². The highest BCUT2D eigenvalue weighted by Crippen LogP contribution is 2.19. The van der Waals surface area contributed by atoms with E-state index in [1.165, 1.54) is 4.90 Å². The van der Waals surface area contributed by atoms with Crippen LogP contribution in [0.3, 0.4) is 0 Å². The number of hydrogen-bond acceptors (Lipinski definition) is 4. The number of carbonyl (C=O) groups excluding carboxylic acids is 1. The molecule has 2 aromatic heterocycles. The Morgan fingerprint density at radius 3 is 2.67 bits per heavy atom. The number of hydrogen-bond donors (Lipinski definition) is 1. The van der Waals surface area contributed by atoms with Gasteiger partial charge in [-0.3, -0.25) is 9.48 Å². The summed E-state index contributed by atoms with van der Waals surface area (Å²) in [6.07, 6.45) is 2.49. The molecule has 0 radical (unpaired) electrons. The number of nitrogens with two attached hydrogens (primary N) is 1. The van der Waals surface area contributed by atoms with E-state index in [2.05, 4.69) is 10.2 Å². The second-order valence-corrected chi connectivity index (χ2v) is 5.54. The van der Waals surface area contributed by atoms with Crippen molar-refractivity contribution in [2.45, 2.75) is 26.3 Å². The van der Waals surface area contributed by atoms with Gasteiger partial charge in [0.2, 0.25) is 0 Å². The molecule has 0 spiro atoms. The molecule has 114 valence electrons. The van der Waals surface area contributed by atoms with Gasteiger partial charge in [-0.15, -0.1) is 0 Å². The summed E-state index contributed by atoms with van der Waals surface area (Å²) in [6.45, 7) is 3.91. The van der Waals surface area contributed by atoms with Crippen LogP contribution in [-0.2, 0) is 13.5 Å². The van der Waals surface area contributed by atoms with Gasteiger partial charge in [-0.1, -0.05) is 0 Å². The maximum Gasteiger partial charge on any atom is 0.273 e. The van der Waals surface area contributed by atoms with E-state index in [0.717, 1.165) is 17.1 Å². The molecule has 0 aliphatic rings. The average molecular weight is 290 g/mol. The van der Waals surface area contributed by atoms with Gasteiger partial charge in [0.05, 0.1) is 5.69 Å². The van der Waals surface area contributed by atoms with Gasteiger partial charge in [-0.05, 0) is 26.3 Å². The van der Waals surface area contributed by atoms with Crippen molar-refractivity contribution in [3.63, 3.8) is 0 Å². The minimum absolute atomic E-state index is 0.0325. The smallest absolute Gasteiger partial charge is 0.273 e. The average Bonchev–Trinajstić information content (AvgIpc) is 2.94. The fourth-order valence-corrected chi connectivity index (χ4v) is 2.32. The quantitative estimate of drug-likeness (QED) is 0.889. The molecule has 0 fully saturated rings. The summed E-state index contributed by atoms with van der Waals surface area (Å²) in [6, 6.07) is 1.74. The summed E-state index contributed by atoms with van der Waals surface area (Å²) >= 11 is 0. The highest BCUT2D eigenvalue weighted by atomic mass is 16.2. The van der Waals surface area contributed by atoms with Crippen molar-refractivity contribution < 1.29 is 4.79 Å². The minimum Gasteiger partial charge on any atom is -0.343 e. The second-order valence-electron chi connectivity index (χ2n) is 5.54. The van der Waals surface area contributed by atoms with Crippen molar-refractivity contribution in [3.8, 4) is 5.82 Å². The van der Waals surface area contributed by atoms with Gasteiger partial charge in [0.1, 0.15) is 0 Å². The Bertz CT molecular complexity index is 652. The normalized spacial score (nSPS) is 12.5. The molecule has 1 atom stereocenters. The van der Waals surface area contributed by atoms with Crippen LogP contribution in [0.15, 0.2) is 12.3 Å². The minimum atomic E-state index is -0.124. The van der Waals surface area contributed by atoms with Crippen molar-refractivity contribution in [3.05, 3.63) is 29.2 Å². The Balaban J connectivity index is 2.45. The molecule has 0 saturated heterocycles. The van der Waals surface area contributed by atoms with Crippen LogP contribution in [-0.4, -0.2) is 50.5 Å². The zero-order valence-electron chi connectivity index (χ0n) is 13.2. The summed E-state index contributed by atoms with van der Waals surface area (Å²) in [7, 11) is 5.27. The number of nitrogens with zero attached hydrogens (tertiary/aromatic N) is 5. The molecule has 0 bridgehead atoms. The van der Waals surface area contributed by atoms with Gasteiger partial charge in [0.15, 0.2) is 11.5 Å². The van der Waals surface area contributed by atoms with Crippen molar-refractivity contribution in [2.24, 2.45) is 12.8 Å². The molecule has 0 aromatic carbocycles. The summed E-state index contributed by atoms with van der Waals surface area (Å²) < 4.78 is 3.46. The van der Waals surface area contributed by atoms with E-state index < -0.39 is 0 Å². The molecular formula is C14H22N6O. The van der Waals surface area contributed by atoms with Crippen LogP contribution in [0.5, 0.6) is 0 Å². The summed E-state index contributed by atoms with van der Waals surface area (Å²) in [5.41, 5.74) is 8.31. The standard InChI is InChI=1S/C14H22N6O/c1-9(15)8-11-10(2)16-19(5)13(11)20-7-6-12(17-20)14(21)18(3)4/h6-7,9H,8,15H2,1-5H3. The maximum atomic E-state index is 11.9. The van der Waals surface area contributed by atoms with E-state index in [4.69, 9.17) is 5.73 Å². The Kier molecular flexibility index (Phi) is 4.13. The molecule has 0 saturated carbocycles. The molecule has 1 amide bonds. The third-order valence-corrected chi connectivity index (χ3v) is 3.27. The molecule has 2 rings (SSSR count). The molecule has 2 N–H and O–H groups in total. The molecule has 2 aromatic rings. The van der Waals surface area contributed by atoms with Crippen LogP contribution in [0.2, 0.25) is 0 Å². The van der Waals surface area contributed by atoms with Gasteiger partial charge < -0.3 is 10.6 Å². The second kappa shape index (κ2) is 5.69. The molecule has 21 heavy (non-hydrogen) atoms. The third-order valence-electron chi connectivity index (χ3n) is 3.27. The van der Waals surface area contributed by atoms with Crippen LogP contribution in [0.25, 0.3) is 5.82 Å². The third kappa shape index (κ3) is 2.97. The highest BCUT2D eigenvalue weighted by molar-refractivity contribution is 5.91. The molecule has 1 unspecified atom stereocenters. The van der Waals surface area contributed by atoms with Gasteiger partial charge in [-0.2, -0.15) is 10.2 Å². The number of aromatic nitrogens is 4. The number of rotatable bonds is 4. The topological polar surface area (TPSA) is 82.0 Å². The Morgan fingerprint density at radius 2 is 2.10 bits per heavy atom. The molecular weight excluding hydrogens is 268 g/mol. The predicted octanol–water partition coefficient (Wildman–Crippen LogP) is 0.506. The molecule has 7 heteroatoms. The van der Waals surface area contributed by atoms with E-state index in [0.29, 0.717) is 12.1 Å². The first-order chi connectivity index (χ1) is 9.81. The van der Waals surface area contributed by atoms with Crippen LogP contribution in [0.1, 0.15) is 28.7 Å². The lowest BCUT2D eigenvalue weighted by Gasteiger charge is -2.09. The number of carbonyl (C=O) groups is 1. The van der Waals surface area contributed by atoms with E-state index >= 15 is 0 Å². The van der Waals surface area contributed by atoms with Crippen LogP contribution in [0.4, 0.5) is 0 Å². The monoisotopic (exact) mass is 290 g/mol. The highest BCUT2D eigenvalue weighted by Gasteiger charge is 2.19. The Hall–Kier alpha value is -2.15. The Morgan fingerprint density at radius 1 is 1.43 bits per heavy atom. The zero-order valence-corrected chi connectivity index (χ0v) is 13.2. The van der Waals surface area contributed by atoms with Gasteiger partial charge >= 0.3 is 0 Å². The lowest BCUT2D eigenvalue weighted by Crippen LogP contribution is -2.22. The van der Waals surface area contributed by atoms with Gasteiger partial charge in [-0.25, -0.2) is 4.68 Å². The fraction of sp³-hybridized carbons (Fsp3) is 0.500. The summed E-state index contributed by atoms with van der Waals surface area (Å²) in [5, 5.41) is 8.80. The fourth-order valence-electron chi connectivity index (χ4n) is 2.32. The lowest BCUT2D eigenvalue weighted by atomic mass is 10.1. The lowest BCUT2D eigenvalue weighted by molar-refractivity contribution is 0.0821. The van der Waals surface area contributed by atoms with Crippen LogP contribution in [0, 0.1) is 6.92 Å². The largest absolute Gasteiger partial charge is 0.343 e. The first-order valence-corrected chi connectivity index (χ1v) is 6.87. The summed E-state index contributed by atoms with van der Waals surface area (Å²) in [5.74, 6) is 0.726. The van der Waals surface area contributed by atoms with Crippen molar-refractivity contribution in [2.75, 3.05) is 14.1 Å². The molecule has 2 heterocycles. The zero-order chi connectivity index (χ0) is 15.7. The SMILES string of the molecule is Cc1nn(C)c(-n2ccc(C(=O)N(C)C)n2)c1CC(C)N. The predicted molar refractivity (Wildman–Crippen MR) is 80.4 cm³/mol. The van der Waals surface area contributed by atoms with Crippen molar-refractivity contribution in [1.29, 1.82) is 0 Å². The van der Waals surface area contributed by atoms with Crippen molar-refractivity contribution >= 4 is 5.91 Å². The van der Waals surface area contributed by atoms with E-state index in [-0.39, 0.29) is 11.9 Å². The maximum absolute atomic E-state index is 11.9.